The number of nitrogens with one attached hydrogen (secondary N) is 1. The molecule has 0 fully saturated rings. The highest BCUT2D eigenvalue weighted by atomic mass is 35.5. The zero-order valence-corrected chi connectivity index (χ0v) is 18.7. The van der Waals surface area contributed by atoms with Crippen LogP contribution in [0.15, 0.2) is 60.8 Å². The van der Waals surface area contributed by atoms with Gasteiger partial charge in [0.05, 0.1) is 29.4 Å². The molecule has 32 heavy (non-hydrogen) atoms. The monoisotopic (exact) mass is 473 g/mol. The second-order valence-electron chi connectivity index (χ2n) is 6.48. The van der Waals surface area contributed by atoms with Gasteiger partial charge < -0.3 is 19.6 Å². The van der Waals surface area contributed by atoms with E-state index in [0.29, 0.717) is 35.0 Å². The molecule has 2 heterocycles. The van der Waals surface area contributed by atoms with Crippen molar-refractivity contribution in [1.82, 2.24) is 15.0 Å². The molecule has 9 heteroatoms. The molecule has 0 radical (unpaired) electrons. The van der Waals surface area contributed by atoms with Crippen molar-refractivity contribution in [2.45, 2.75) is 6.61 Å². The van der Waals surface area contributed by atoms with E-state index in [9.17, 15) is 9.90 Å². The van der Waals surface area contributed by atoms with Crippen molar-refractivity contribution in [3.8, 4) is 11.5 Å². The first-order chi connectivity index (χ1) is 14.6. The number of H-pyrrole nitrogens is 1. The van der Waals surface area contributed by atoms with Crippen LogP contribution in [0.1, 0.15) is 27.4 Å². The number of hydrogen-bond acceptors (Lipinski definition) is 5. The highest BCUT2D eigenvalue weighted by molar-refractivity contribution is 6.01. The van der Waals surface area contributed by atoms with E-state index >= 15 is 0 Å². The lowest BCUT2D eigenvalue weighted by Gasteiger charge is -2.11. The Morgan fingerprint density at radius 2 is 1.91 bits per heavy atom. The molecule has 2 aromatic heterocycles. The van der Waals surface area contributed by atoms with E-state index in [1.54, 1.807) is 37.6 Å². The molecule has 2 aromatic carbocycles. The molecule has 0 spiro atoms. The van der Waals surface area contributed by atoms with E-state index in [-0.39, 0.29) is 30.4 Å². The van der Waals surface area contributed by atoms with E-state index in [1.165, 1.54) is 0 Å². The number of imidazole rings is 1. The van der Waals surface area contributed by atoms with E-state index in [2.05, 4.69) is 15.0 Å². The molecule has 0 aliphatic rings. The molecule has 0 atom stereocenters. The summed E-state index contributed by atoms with van der Waals surface area (Å²) in [5.74, 6) is 0.788. The van der Waals surface area contributed by atoms with E-state index in [4.69, 9.17) is 9.47 Å². The molecule has 0 aliphatic carbocycles. The zero-order valence-electron chi connectivity index (χ0n) is 17.0. The number of carbonyl (C=O) groups is 1. The average molecular weight is 474 g/mol. The van der Waals surface area contributed by atoms with Crippen LogP contribution < -0.4 is 9.47 Å². The highest BCUT2D eigenvalue weighted by Crippen LogP contribution is 2.29. The fourth-order valence-corrected chi connectivity index (χ4v) is 3.03. The third-order valence-corrected chi connectivity index (χ3v) is 4.49. The van der Waals surface area contributed by atoms with Gasteiger partial charge in [-0.05, 0) is 48.0 Å². The maximum Gasteiger partial charge on any atom is 0.337 e. The predicted octanol–water partition coefficient (Wildman–Crippen LogP) is 5.26. The number of benzene rings is 2. The fourth-order valence-electron chi connectivity index (χ4n) is 3.03. The second kappa shape index (κ2) is 11.2. The lowest BCUT2D eigenvalue weighted by atomic mass is 10.2. The molecule has 0 unspecified atom stereocenters. The van der Waals surface area contributed by atoms with Crippen LogP contribution in [0.3, 0.4) is 0 Å². The van der Waals surface area contributed by atoms with E-state index < -0.39 is 5.97 Å². The van der Waals surface area contributed by atoms with Crippen LogP contribution in [0.4, 0.5) is 0 Å². The van der Waals surface area contributed by atoms with Gasteiger partial charge in [-0.2, -0.15) is 0 Å². The Morgan fingerprint density at radius 3 is 2.62 bits per heavy atom. The van der Waals surface area contributed by atoms with Crippen LogP contribution >= 0.6 is 24.8 Å². The Bertz CT molecular complexity index is 1230. The first-order valence-corrected chi connectivity index (χ1v) is 9.25. The second-order valence-corrected chi connectivity index (χ2v) is 6.48. The number of aromatic carboxylic acids is 1. The van der Waals surface area contributed by atoms with Crippen LogP contribution in [-0.2, 0) is 6.61 Å². The molecule has 0 saturated heterocycles. The zero-order chi connectivity index (χ0) is 20.9. The fraction of sp³-hybridized carbons (Fsp3) is 0.0870. The molecule has 0 aliphatic heterocycles. The van der Waals surface area contributed by atoms with Gasteiger partial charge >= 0.3 is 5.97 Å². The van der Waals surface area contributed by atoms with Crippen molar-refractivity contribution >= 4 is 54.0 Å². The number of aromatic nitrogens is 3. The number of fused-ring (bicyclic) bond motifs is 1. The van der Waals surface area contributed by atoms with Crippen molar-refractivity contribution < 1.29 is 19.4 Å². The van der Waals surface area contributed by atoms with Crippen molar-refractivity contribution in [1.29, 1.82) is 0 Å². The minimum atomic E-state index is -0.996. The van der Waals surface area contributed by atoms with Crippen molar-refractivity contribution in [2.24, 2.45) is 0 Å². The Balaban J connectivity index is 0.00000181. The summed E-state index contributed by atoms with van der Waals surface area (Å²) in [5, 5.41) is 9.32. The molecule has 4 aromatic rings. The lowest BCUT2D eigenvalue weighted by Crippen LogP contribution is -1.99. The average Bonchev–Trinajstić information content (AvgIpc) is 3.20. The third-order valence-electron chi connectivity index (χ3n) is 4.49. The first-order valence-electron chi connectivity index (χ1n) is 9.25. The third kappa shape index (κ3) is 5.57. The van der Waals surface area contributed by atoms with Gasteiger partial charge in [-0.3, -0.25) is 4.98 Å². The number of hydrogen-bond donors (Lipinski definition) is 2. The topological polar surface area (TPSA) is 97.3 Å². The van der Waals surface area contributed by atoms with Crippen molar-refractivity contribution in [2.75, 3.05) is 7.11 Å². The SMILES string of the molecule is COc1ccc(C=Cc2nc3cccc(C(=O)O)c3[nH]2)cc1OCc1ccccn1.Cl.Cl. The van der Waals surface area contributed by atoms with E-state index in [0.717, 1.165) is 11.3 Å². The lowest BCUT2D eigenvalue weighted by molar-refractivity contribution is 0.0699. The van der Waals surface area contributed by atoms with Crippen molar-refractivity contribution in [3.63, 3.8) is 0 Å². The maximum atomic E-state index is 11.4. The van der Waals surface area contributed by atoms with E-state index in [1.807, 2.05) is 42.5 Å². The van der Waals surface area contributed by atoms with Crippen LogP contribution in [0.5, 0.6) is 11.5 Å². The number of pyridine rings is 1. The number of carboxylic acids is 1. The number of para-hydroxylation sites is 1. The summed E-state index contributed by atoms with van der Waals surface area (Å²) in [4.78, 5) is 23.1. The summed E-state index contributed by atoms with van der Waals surface area (Å²) in [6.07, 6.45) is 5.37. The number of aromatic amines is 1. The van der Waals surface area contributed by atoms with Crippen LogP contribution in [0.2, 0.25) is 0 Å². The van der Waals surface area contributed by atoms with Gasteiger partial charge in [-0.15, -0.1) is 24.8 Å². The quantitative estimate of drug-likeness (QED) is 0.380. The molecule has 0 saturated carbocycles. The standard InChI is InChI=1S/C23H19N3O4.2ClH/c1-29-19-10-8-15(13-20(19)30-14-16-5-2-3-12-24-16)9-11-21-25-18-7-4-6-17(23(27)28)22(18)26-21;;/h2-13H,14H2,1H3,(H,25,26)(H,27,28);2*1H. The summed E-state index contributed by atoms with van der Waals surface area (Å²) in [6.45, 7) is 0.325. The molecule has 2 N–H and O–H groups in total. The summed E-state index contributed by atoms with van der Waals surface area (Å²) in [5.41, 5.74) is 2.99. The normalized spacial score (nSPS) is 10.4. The van der Waals surface area contributed by atoms with Crippen LogP contribution in [0, 0.1) is 0 Å². The van der Waals surface area contributed by atoms with Crippen LogP contribution in [-0.4, -0.2) is 33.1 Å². The number of nitrogens with zero attached hydrogens (tertiary/aromatic N) is 2. The first kappa shape index (κ1) is 24.7. The largest absolute Gasteiger partial charge is 0.493 e. The van der Waals surface area contributed by atoms with Crippen LogP contribution in [0.25, 0.3) is 23.2 Å². The maximum absolute atomic E-state index is 11.4. The predicted molar refractivity (Wildman–Crippen MR) is 128 cm³/mol. The number of halogens is 2. The molecular weight excluding hydrogens is 453 g/mol. The Morgan fingerprint density at radius 1 is 1.06 bits per heavy atom. The smallest absolute Gasteiger partial charge is 0.337 e. The summed E-state index contributed by atoms with van der Waals surface area (Å²) in [6, 6.07) is 16.2. The molecular formula is C23H21Cl2N3O4. The summed E-state index contributed by atoms with van der Waals surface area (Å²) in [7, 11) is 1.59. The van der Waals surface area contributed by atoms with Gasteiger partial charge in [0.2, 0.25) is 0 Å². The Hall–Kier alpha value is -3.55. The number of carboxylic acid groups (broad SMARTS) is 1. The minimum absolute atomic E-state index is 0. The summed E-state index contributed by atoms with van der Waals surface area (Å²) >= 11 is 0. The van der Waals surface area contributed by atoms with Gasteiger partial charge in [-0.1, -0.05) is 24.3 Å². The Labute approximate surface area is 196 Å². The number of rotatable bonds is 7. The molecule has 0 bridgehead atoms. The van der Waals surface area contributed by atoms with Gasteiger partial charge in [0.1, 0.15) is 12.4 Å². The van der Waals surface area contributed by atoms with Gasteiger partial charge in [0.25, 0.3) is 0 Å². The van der Waals surface area contributed by atoms with Gasteiger partial charge in [0.15, 0.2) is 11.5 Å². The van der Waals surface area contributed by atoms with Gasteiger partial charge in [-0.25, -0.2) is 9.78 Å². The molecule has 166 valence electrons. The summed E-state index contributed by atoms with van der Waals surface area (Å²) < 4.78 is 11.3. The van der Waals surface area contributed by atoms with Gasteiger partial charge in [0, 0.05) is 6.20 Å². The number of methoxy groups -OCH3 is 1. The molecule has 0 amide bonds. The minimum Gasteiger partial charge on any atom is -0.493 e. The molecule has 4 rings (SSSR count). The Kier molecular flexibility index (Phi) is 8.63. The van der Waals surface area contributed by atoms with Crippen molar-refractivity contribution in [3.05, 3.63) is 83.4 Å². The highest BCUT2D eigenvalue weighted by Gasteiger charge is 2.11. The number of ether oxygens (including phenoxy) is 2. The molecule has 7 nitrogen and oxygen atoms in total.